The van der Waals surface area contributed by atoms with Crippen molar-refractivity contribution >= 4 is 22.5 Å². The molecule has 32 heavy (non-hydrogen) atoms. The smallest absolute Gasteiger partial charge is 0.274 e. The van der Waals surface area contributed by atoms with E-state index in [9.17, 15) is 14.7 Å². The summed E-state index contributed by atoms with van der Waals surface area (Å²) in [6, 6.07) is 14.8. The predicted octanol–water partition coefficient (Wildman–Crippen LogP) is 4.04. The topological polar surface area (TPSA) is 91.8 Å². The number of Topliss-reactive ketones (excluding diaryl/α,β-unsaturated/α-hetero) is 1. The molecule has 1 fully saturated rings. The highest BCUT2D eigenvalue weighted by Gasteiger charge is 2.22. The lowest BCUT2D eigenvalue weighted by atomic mass is 10.0. The molecule has 7 nitrogen and oxygen atoms in total. The molecule has 1 aliphatic heterocycles. The number of rotatable bonds is 7. The number of fused-ring (bicyclic) bond motifs is 1. The summed E-state index contributed by atoms with van der Waals surface area (Å²) >= 11 is 0. The van der Waals surface area contributed by atoms with Crippen molar-refractivity contribution in [1.82, 2.24) is 15.2 Å². The molecule has 7 heteroatoms. The minimum Gasteiger partial charge on any atom is -0.505 e. The van der Waals surface area contributed by atoms with E-state index in [0.717, 1.165) is 31.3 Å². The first kappa shape index (κ1) is 21.8. The highest BCUT2D eigenvalue weighted by atomic mass is 16.5. The van der Waals surface area contributed by atoms with Crippen molar-refractivity contribution in [3.05, 3.63) is 59.9 Å². The SMILES string of the molecule is CC(=O)CNC(=O)c1nc(CN2CCCCC2)c2cc(Oc3ccccc3)ccc2c1O. The fourth-order valence-corrected chi connectivity index (χ4v) is 3.93. The molecule has 0 aliphatic carbocycles. The number of para-hydroxylation sites is 1. The van der Waals surface area contributed by atoms with Crippen molar-refractivity contribution in [1.29, 1.82) is 0 Å². The molecule has 3 aromatic rings. The summed E-state index contributed by atoms with van der Waals surface area (Å²) in [5.74, 6) is 0.397. The van der Waals surface area contributed by atoms with Crippen LogP contribution in [0, 0.1) is 0 Å². The standard InChI is InChI=1S/C25H27N3O4/c1-17(29)15-26-25(31)23-24(30)20-11-10-19(32-18-8-4-2-5-9-18)14-21(20)22(27-23)16-28-12-6-3-7-13-28/h2,4-5,8-11,14,30H,3,6-7,12-13,15-16H2,1H3,(H,26,31). The number of nitrogens with zero attached hydrogens (tertiary/aromatic N) is 2. The fraction of sp³-hybridized carbons (Fsp3) is 0.320. The highest BCUT2D eigenvalue weighted by Crippen LogP contribution is 2.34. The number of carbonyl (C=O) groups is 2. The predicted molar refractivity (Wildman–Crippen MR) is 122 cm³/mol. The van der Waals surface area contributed by atoms with Crippen LogP contribution in [0.4, 0.5) is 0 Å². The minimum atomic E-state index is -0.566. The van der Waals surface area contributed by atoms with Gasteiger partial charge in [0.15, 0.2) is 11.4 Å². The number of carbonyl (C=O) groups excluding carboxylic acids is 2. The second kappa shape index (κ2) is 9.78. The van der Waals surface area contributed by atoms with Crippen LogP contribution in [0.3, 0.4) is 0 Å². The molecule has 0 saturated carbocycles. The second-order valence-electron chi connectivity index (χ2n) is 8.10. The van der Waals surface area contributed by atoms with Crippen LogP contribution in [0.2, 0.25) is 0 Å². The van der Waals surface area contributed by atoms with Gasteiger partial charge in [-0.05, 0) is 63.2 Å². The number of ketones is 1. The van der Waals surface area contributed by atoms with Crippen molar-refractivity contribution in [3.63, 3.8) is 0 Å². The normalized spacial score (nSPS) is 14.3. The summed E-state index contributed by atoms with van der Waals surface area (Å²) < 4.78 is 5.97. The summed E-state index contributed by atoms with van der Waals surface area (Å²) in [7, 11) is 0. The Morgan fingerprint density at radius 1 is 1.03 bits per heavy atom. The van der Waals surface area contributed by atoms with Crippen LogP contribution >= 0.6 is 0 Å². The summed E-state index contributed by atoms with van der Waals surface area (Å²) in [5, 5.41) is 14.6. The number of hydrogen-bond donors (Lipinski definition) is 2. The lowest BCUT2D eigenvalue weighted by Gasteiger charge is -2.26. The molecular formula is C25H27N3O4. The van der Waals surface area contributed by atoms with E-state index in [1.807, 2.05) is 36.4 Å². The lowest BCUT2D eigenvalue weighted by molar-refractivity contribution is -0.116. The molecule has 0 radical (unpaired) electrons. The van der Waals surface area contributed by atoms with Gasteiger partial charge in [0.1, 0.15) is 17.3 Å². The number of aromatic nitrogens is 1. The number of hydrogen-bond acceptors (Lipinski definition) is 6. The summed E-state index contributed by atoms with van der Waals surface area (Å²) in [6.45, 7) is 3.79. The largest absolute Gasteiger partial charge is 0.505 e. The van der Waals surface area contributed by atoms with Crippen molar-refractivity contribution in [2.75, 3.05) is 19.6 Å². The zero-order chi connectivity index (χ0) is 22.5. The third-order valence-corrected chi connectivity index (χ3v) is 5.54. The molecule has 0 unspecified atom stereocenters. The zero-order valence-electron chi connectivity index (χ0n) is 18.1. The van der Waals surface area contributed by atoms with E-state index < -0.39 is 5.91 Å². The van der Waals surface area contributed by atoms with Gasteiger partial charge >= 0.3 is 0 Å². The Balaban J connectivity index is 1.74. The Morgan fingerprint density at radius 3 is 2.50 bits per heavy atom. The van der Waals surface area contributed by atoms with Crippen LogP contribution in [0.15, 0.2) is 48.5 Å². The highest BCUT2D eigenvalue weighted by molar-refractivity contribution is 6.03. The van der Waals surface area contributed by atoms with Gasteiger partial charge in [0.25, 0.3) is 5.91 Å². The van der Waals surface area contributed by atoms with Gasteiger partial charge in [-0.3, -0.25) is 14.5 Å². The molecule has 1 saturated heterocycles. The summed E-state index contributed by atoms with van der Waals surface area (Å²) in [6.07, 6.45) is 3.47. The molecule has 0 spiro atoms. The van der Waals surface area contributed by atoms with Crippen LogP contribution < -0.4 is 10.1 Å². The first-order valence-electron chi connectivity index (χ1n) is 10.9. The molecule has 4 rings (SSSR count). The molecule has 0 atom stereocenters. The van der Waals surface area contributed by atoms with E-state index >= 15 is 0 Å². The number of amides is 1. The van der Waals surface area contributed by atoms with Crippen molar-refractivity contribution in [2.45, 2.75) is 32.7 Å². The van der Waals surface area contributed by atoms with Crippen LogP contribution in [0.5, 0.6) is 17.2 Å². The zero-order valence-corrected chi connectivity index (χ0v) is 18.1. The van der Waals surface area contributed by atoms with Crippen LogP contribution in [-0.4, -0.2) is 46.3 Å². The van der Waals surface area contributed by atoms with E-state index in [4.69, 9.17) is 4.74 Å². The third kappa shape index (κ3) is 5.06. The number of piperidine rings is 1. The first-order valence-corrected chi connectivity index (χ1v) is 10.9. The number of nitrogens with one attached hydrogen (secondary N) is 1. The van der Waals surface area contributed by atoms with Crippen LogP contribution in [-0.2, 0) is 11.3 Å². The Hall–Kier alpha value is -3.45. The number of aromatic hydroxyl groups is 1. The van der Waals surface area contributed by atoms with Gasteiger partial charge in [-0.15, -0.1) is 0 Å². The van der Waals surface area contributed by atoms with E-state index in [1.54, 1.807) is 12.1 Å². The van der Waals surface area contributed by atoms with Gasteiger partial charge in [-0.25, -0.2) is 4.98 Å². The van der Waals surface area contributed by atoms with E-state index in [0.29, 0.717) is 29.1 Å². The van der Waals surface area contributed by atoms with Gasteiger partial charge in [0.2, 0.25) is 0 Å². The average Bonchev–Trinajstić information content (AvgIpc) is 2.80. The fourth-order valence-electron chi connectivity index (χ4n) is 3.93. The van der Waals surface area contributed by atoms with Crippen LogP contribution in [0.25, 0.3) is 10.8 Å². The Bertz CT molecular complexity index is 1120. The quantitative estimate of drug-likeness (QED) is 0.584. The maximum atomic E-state index is 12.6. The second-order valence-corrected chi connectivity index (χ2v) is 8.10. The van der Waals surface area contributed by atoms with Crippen molar-refractivity contribution < 1.29 is 19.4 Å². The molecular weight excluding hydrogens is 406 g/mol. The van der Waals surface area contributed by atoms with Gasteiger partial charge in [0.05, 0.1) is 12.2 Å². The molecule has 1 amide bonds. The molecule has 166 valence electrons. The van der Waals surface area contributed by atoms with Gasteiger partial charge < -0.3 is 15.2 Å². The molecule has 0 bridgehead atoms. The minimum absolute atomic E-state index is 0.0671. The summed E-state index contributed by atoms with van der Waals surface area (Å²) in [4.78, 5) is 30.8. The van der Waals surface area contributed by atoms with E-state index in [2.05, 4.69) is 15.2 Å². The third-order valence-electron chi connectivity index (χ3n) is 5.54. The molecule has 1 aromatic heterocycles. The van der Waals surface area contributed by atoms with Crippen molar-refractivity contribution in [3.8, 4) is 17.2 Å². The van der Waals surface area contributed by atoms with Gasteiger partial charge in [-0.2, -0.15) is 0 Å². The van der Waals surface area contributed by atoms with E-state index in [1.165, 1.54) is 13.3 Å². The average molecular weight is 434 g/mol. The Morgan fingerprint density at radius 2 is 1.78 bits per heavy atom. The molecule has 2 aromatic carbocycles. The first-order chi connectivity index (χ1) is 15.5. The molecule has 2 heterocycles. The Kier molecular flexibility index (Phi) is 6.66. The van der Waals surface area contributed by atoms with E-state index in [-0.39, 0.29) is 23.8 Å². The van der Waals surface area contributed by atoms with Crippen molar-refractivity contribution in [2.24, 2.45) is 0 Å². The number of likely N-dealkylation sites (tertiary alicyclic amines) is 1. The monoisotopic (exact) mass is 433 g/mol. The molecule has 2 N–H and O–H groups in total. The molecule has 1 aliphatic rings. The number of ether oxygens (including phenoxy) is 1. The Labute approximate surface area is 187 Å². The van der Waals surface area contributed by atoms with Crippen LogP contribution in [0.1, 0.15) is 42.4 Å². The summed E-state index contributed by atoms with van der Waals surface area (Å²) in [5.41, 5.74) is 0.633. The van der Waals surface area contributed by atoms with Gasteiger partial charge in [-0.1, -0.05) is 24.6 Å². The van der Waals surface area contributed by atoms with Gasteiger partial charge in [0, 0.05) is 17.3 Å². The number of pyridine rings is 1. The lowest BCUT2D eigenvalue weighted by Crippen LogP contribution is -2.31. The number of benzene rings is 2. The maximum Gasteiger partial charge on any atom is 0.274 e. The maximum absolute atomic E-state index is 12.6.